The van der Waals surface area contributed by atoms with Crippen molar-refractivity contribution in [2.45, 2.75) is 25.1 Å². The Morgan fingerprint density at radius 3 is 2.56 bits per heavy atom. The van der Waals surface area contributed by atoms with Gasteiger partial charge in [0.2, 0.25) is 0 Å². The van der Waals surface area contributed by atoms with Crippen molar-refractivity contribution in [2.24, 2.45) is 0 Å². The van der Waals surface area contributed by atoms with E-state index in [9.17, 15) is 8.42 Å². The van der Waals surface area contributed by atoms with E-state index in [1.807, 2.05) is 0 Å². The van der Waals surface area contributed by atoms with E-state index in [1.54, 1.807) is 26.2 Å². The van der Waals surface area contributed by atoms with Crippen molar-refractivity contribution in [1.82, 2.24) is 5.32 Å². The fraction of sp³-hybridized carbons (Fsp3) is 0.600. The molecule has 0 spiro atoms. The van der Waals surface area contributed by atoms with E-state index in [-0.39, 0.29) is 0 Å². The van der Waals surface area contributed by atoms with Gasteiger partial charge >= 0.3 is 0 Å². The van der Waals surface area contributed by atoms with Crippen molar-refractivity contribution in [1.29, 1.82) is 0 Å². The largest absolute Gasteiger partial charge is 0.467 e. The van der Waals surface area contributed by atoms with Crippen molar-refractivity contribution >= 4 is 25.8 Å². The van der Waals surface area contributed by atoms with Crippen molar-refractivity contribution in [3.8, 4) is 0 Å². The fourth-order valence-electron chi connectivity index (χ4n) is 1.06. The van der Waals surface area contributed by atoms with Gasteiger partial charge in [0.25, 0.3) is 0 Å². The number of nitrogens with one attached hydrogen (secondary N) is 1. The summed E-state index contributed by atoms with van der Waals surface area (Å²) in [7, 11) is -3.06. The number of sulfone groups is 1. The van der Waals surface area contributed by atoms with Crippen molar-refractivity contribution in [3.05, 3.63) is 22.6 Å². The predicted molar refractivity (Wildman–Crippen MR) is 67.0 cm³/mol. The molecule has 0 amide bonds. The normalized spacial score (nSPS) is 13.0. The van der Waals surface area contributed by atoms with Crippen LogP contribution in [0.3, 0.4) is 0 Å². The average molecular weight is 310 g/mol. The van der Waals surface area contributed by atoms with Gasteiger partial charge in [0.15, 0.2) is 9.84 Å². The monoisotopic (exact) mass is 309 g/mol. The SMILES string of the molecule is CC(C)(CNCc1occc1Br)S(C)(=O)=O. The summed E-state index contributed by atoms with van der Waals surface area (Å²) < 4.78 is 28.2. The quantitative estimate of drug-likeness (QED) is 0.903. The van der Waals surface area contributed by atoms with Crippen LogP contribution >= 0.6 is 15.9 Å². The molecule has 0 unspecified atom stereocenters. The maximum atomic E-state index is 11.4. The summed E-state index contributed by atoms with van der Waals surface area (Å²) in [4.78, 5) is 0. The zero-order chi connectivity index (χ0) is 12.4. The summed E-state index contributed by atoms with van der Waals surface area (Å²) in [5, 5.41) is 3.07. The van der Waals surface area contributed by atoms with Crippen LogP contribution in [0.25, 0.3) is 0 Å². The maximum absolute atomic E-state index is 11.4. The molecular formula is C10H16BrNO3S. The molecule has 1 aromatic heterocycles. The third-order valence-corrected chi connectivity index (χ3v) is 5.39. The molecule has 1 N–H and O–H groups in total. The van der Waals surface area contributed by atoms with Gasteiger partial charge in [0.1, 0.15) is 5.76 Å². The fourth-order valence-corrected chi connectivity index (χ4v) is 1.77. The predicted octanol–water partition coefficient (Wildman–Crippen LogP) is 1.95. The molecule has 0 radical (unpaired) electrons. The highest BCUT2D eigenvalue weighted by atomic mass is 79.9. The van der Waals surface area contributed by atoms with Crippen molar-refractivity contribution in [2.75, 3.05) is 12.8 Å². The third kappa shape index (κ3) is 3.33. The zero-order valence-electron chi connectivity index (χ0n) is 9.58. The highest BCUT2D eigenvalue weighted by Gasteiger charge is 2.29. The molecule has 0 atom stereocenters. The molecule has 0 aromatic carbocycles. The minimum atomic E-state index is -3.06. The third-order valence-electron chi connectivity index (χ3n) is 2.53. The molecule has 6 heteroatoms. The Kier molecular flexibility index (Phi) is 4.20. The molecule has 4 nitrogen and oxygen atoms in total. The van der Waals surface area contributed by atoms with Gasteiger partial charge in [-0.2, -0.15) is 0 Å². The Balaban J connectivity index is 2.51. The number of hydrogen-bond donors (Lipinski definition) is 1. The summed E-state index contributed by atoms with van der Waals surface area (Å²) in [6.07, 6.45) is 2.83. The zero-order valence-corrected chi connectivity index (χ0v) is 12.0. The lowest BCUT2D eigenvalue weighted by Gasteiger charge is -2.22. The van der Waals surface area contributed by atoms with E-state index in [0.717, 1.165) is 10.2 Å². The smallest absolute Gasteiger partial charge is 0.153 e. The molecule has 0 saturated carbocycles. The van der Waals surface area contributed by atoms with Crippen LogP contribution < -0.4 is 5.32 Å². The standard InChI is InChI=1S/C10H16BrNO3S/c1-10(2,16(3,13)14)7-12-6-9-8(11)4-5-15-9/h4-5,12H,6-7H2,1-3H3. The minimum absolute atomic E-state index is 0.388. The molecule has 16 heavy (non-hydrogen) atoms. The highest BCUT2D eigenvalue weighted by Crippen LogP contribution is 2.18. The summed E-state index contributed by atoms with van der Waals surface area (Å²) in [6.45, 7) is 4.30. The van der Waals surface area contributed by atoms with Crippen molar-refractivity contribution in [3.63, 3.8) is 0 Å². The molecular weight excluding hydrogens is 294 g/mol. The molecule has 0 fully saturated rings. The van der Waals surface area contributed by atoms with Gasteiger partial charge in [-0.15, -0.1) is 0 Å². The lowest BCUT2D eigenvalue weighted by atomic mass is 10.2. The molecule has 0 aliphatic carbocycles. The highest BCUT2D eigenvalue weighted by molar-refractivity contribution is 9.10. The maximum Gasteiger partial charge on any atom is 0.153 e. The van der Waals surface area contributed by atoms with E-state index >= 15 is 0 Å². The van der Waals surface area contributed by atoms with Crippen LogP contribution in [0.2, 0.25) is 0 Å². The Morgan fingerprint density at radius 1 is 1.50 bits per heavy atom. The van der Waals surface area contributed by atoms with Crippen LogP contribution in [0.15, 0.2) is 21.2 Å². The van der Waals surface area contributed by atoms with E-state index in [4.69, 9.17) is 4.42 Å². The number of rotatable bonds is 5. The van der Waals surface area contributed by atoms with Crippen LogP contribution in [0, 0.1) is 0 Å². The Labute approximate surface area is 104 Å². The first-order valence-corrected chi connectivity index (χ1v) is 7.55. The van der Waals surface area contributed by atoms with E-state index in [1.165, 1.54) is 6.26 Å². The molecule has 92 valence electrons. The van der Waals surface area contributed by atoms with E-state index < -0.39 is 14.6 Å². The van der Waals surface area contributed by atoms with Gasteiger partial charge in [-0.3, -0.25) is 0 Å². The van der Waals surface area contributed by atoms with Gasteiger partial charge in [-0.05, 0) is 35.8 Å². The Hall–Kier alpha value is -0.330. The number of halogens is 1. The van der Waals surface area contributed by atoms with E-state index in [2.05, 4.69) is 21.2 Å². The van der Waals surface area contributed by atoms with Gasteiger partial charge in [-0.25, -0.2) is 8.42 Å². The second kappa shape index (κ2) is 4.89. The minimum Gasteiger partial charge on any atom is -0.467 e. The van der Waals surface area contributed by atoms with E-state index in [0.29, 0.717) is 13.1 Å². The Morgan fingerprint density at radius 2 is 2.12 bits per heavy atom. The van der Waals surface area contributed by atoms with Crippen LogP contribution in [0.5, 0.6) is 0 Å². The second-order valence-electron chi connectivity index (χ2n) is 4.33. The molecule has 1 rings (SSSR count). The Bertz CT molecular complexity index is 450. The first-order valence-electron chi connectivity index (χ1n) is 4.86. The van der Waals surface area contributed by atoms with Gasteiger partial charge in [0.05, 0.1) is 22.0 Å². The van der Waals surface area contributed by atoms with Gasteiger partial charge in [0, 0.05) is 12.8 Å². The van der Waals surface area contributed by atoms with Crippen LogP contribution in [0.4, 0.5) is 0 Å². The van der Waals surface area contributed by atoms with Crippen LogP contribution in [0.1, 0.15) is 19.6 Å². The lowest BCUT2D eigenvalue weighted by Crippen LogP contribution is -2.41. The summed E-state index contributed by atoms with van der Waals surface area (Å²) >= 11 is 3.33. The lowest BCUT2D eigenvalue weighted by molar-refractivity contribution is 0.462. The number of furan rings is 1. The molecule has 1 heterocycles. The van der Waals surface area contributed by atoms with Crippen LogP contribution in [-0.4, -0.2) is 26.0 Å². The molecule has 0 saturated heterocycles. The van der Waals surface area contributed by atoms with Crippen molar-refractivity contribution < 1.29 is 12.8 Å². The summed E-state index contributed by atoms with van der Waals surface area (Å²) in [5.74, 6) is 0.768. The average Bonchev–Trinajstić information content (AvgIpc) is 2.49. The van der Waals surface area contributed by atoms with Gasteiger partial charge in [-0.1, -0.05) is 0 Å². The molecule has 1 aromatic rings. The number of hydrogen-bond acceptors (Lipinski definition) is 4. The summed E-state index contributed by atoms with van der Waals surface area (Å²) in [5.41, 5.74) is 0. The first-order chi connectivity index (χ1) is 7.24. The topological polar surface area (TPSA) is 59.3 Å². The molecule has 0 aliphatic rings. The molecule has 0 aliphatic heterocycles. The van der Waals surface area contributed by atoms with Crippen LogP contribution in [-0.2, 0) is 16.4 Å². The second-order valence-corrected chi connectivity index (χ2v) is 7.83. The summed E-state index contributed by atoms with van der Waals surface area (Å²) in [6, 6.07) is 1.80. The first kappa shape index (κ1) is 13.7. The molecule has 0 bridgehead atoms. The van der Waals surface area contributed by atoms with Gasteiger partial charge < -0.3 is 9.73 Å².